The second-order valence-corrected chi connectivity index (χ2v) is 3.83. The highest BCUT2D eigenvalue weighted by Gasteiger charge is 2.21. The summed E-state index contributed by atoms with van der Waals surface area (Å²) >= 11 is 0. The first-order valence-electron chi connectivity index (χ1n) is 4.68. The monoisotopic (exact) mass is 170 g/mol. The van der Waals surface area contributed by atoms with Crippen molar-refractivity contribution in [2.24, 2.45) is 11.8 Å². The van der Waals surface area contributed by atoms with Crippen LogP contribution < -0.4 is 10.6 Å². The molecule has 70 valence electrons. The first kappa shape index (κ1) is 9.52. The molecule has 0 aromatic heterocycles. The van der Waals surface area contributed by atoms with Gasteiger partial charge >= 0.3 is 0 Å². The van der Waals surface area contributed by atoms with Crippen LogP contribution in [0.4, 0.5) is 0 Å². The number of hydrogen-bond donors (Lipinski definition) is 2. The summed E-state index contributed by atoms with van der Waals surface area (Å²) in [7, 11) is 0. The predicted molar refractivity (Wildman–Crippen MR) is 48.8 cm³/mol. The SMILES string of the molecule is CC(C)CNC(=O)[C@@H]1CCNC1. The summed E-state index contributed by atoms with van der Waals surface area (Å²) in [5.41, 5.74) is 0. The van der Waals surface area contributed by atoms with Crippen molar-refractivity contribution >= 4 is 5.91 Å². The van der Waals surface area contributed by atoms with E-state index in [0.717, 1.165) is 26.1 Å². The summed E-state index contributed by atoms with van der Waals surface area (Å²) in [4.78, 5) is 11.4. The van der Waals surface area contributed by atoms with E-state index in [1.807, 2.05) is 0 Å². The average molecular weight is 170 g/mol. The van der Waals surface area contributed by atoms with Gasteiger partial charge in [0.05, 0.1) is 5.92 Å². The molecule has 1 heterocycles. The van der Waals surface area contributed by atoms with E-state index in [0.29, 0.717) is 5.92 Å². The van der Waals surface area contributed by atoms with Crippen LogP contribution in [0.1, 0.15) is 20.3 Å². The van der Waals surface area contributed by atoms with E-state index in [-0.39, 0.29) is 11.8 Å². The maximum atomic E-state index is 11.4. The fourth-order valence-electron chi connectivity index (χ4n) is 1.33. The van der Waals surface area contributed by atoms with Gasteiger partial charge in [-0.3, -0.25) is 4.79 Å². The van der Waals surface area contributed by atoms with Crippen molar-refractivity contribution in [2.75, 3.05) is 19.6 Å². The molecule has 0 aromatic rings. The Hall–Kier alpha value is -0.570. The molecular formula is C9H18N2O. The lowest BCUT2D eigenvalue weighted by atomic mass is 10.1. The molecular weight excluding hydrogens is 152 g/mol. The lowest BCUT2D eigenvalue weighted by molar-refractivity contribution is -0.124. The Kier molecular flexibility index (Phi) is 3.53. The second-order valence-electron chi connectivity index (χ2n) is 3.83. The third-order valence-corrected chi connectivity index (χ3v) is 2.12. The minimum atomic E-state index is 0.212. The van der Waals surface area contributed by atoms with Gasteiger partial charge in [-0.25, -0.2) is 0 Å². The van der Waals surface area contributed by atoms with Crippen LogP contribution in [0.5, 0.6) is 0 Å². The van der Waals surface area contributed by atoms with E-state index in [2.05, 4.69) is 24.5 Å². The topological polar surface area (TPSA) is 41.1 Å². The van der Waals surface area contributed by atoms with Gasteiger partial charge < -0.3 is 10.6 Å². The molecule has 0 bridgehead atoms. The molecule has 1 amide bonds. The van der Waals surface area contributed by atoms with Crippen molar-refractivity contribution in [3.63, 3.8) is 0 Å². The van der Waals surface area contributed by atoms with Gasteiger partial charge in [-0.15, -0.1) is 0 Å². The molecule has 0 spiro atoms. The molecule has 1 aliphatic rings. The van der Waals surface area contributed by atoms with Gasteiger partial charge in [0.2, 0.25) is 5.91 Å². The number of nitrogens with one attached hydrogen (secondary N) is 2. The molecule has 1 fully saturated rings. The molecule has 1 atom stereocenters. The summed E-state index contributed by atoms with van der Waals surface area (Å²) in [5.74, 6) is 0.973. The van der Waals surface area contributed by atoms with Gasteiger partial charge in [0.15, 0.2) is 0 Å². The van der Waals surface area contributed by atoms with Crippen molar-refractivity contribution in [2.45, 2.75) is 20.3 Å². The van der Waals surface area contributed by atoms with E-state index in [9.17, 15) is 4.79 Å². The van der Waals surface area contributed by atoms with Crippen LogP contribution in [-0.4, -0.2) is 25.5 Å². The zero-order valence-corrected chi connectivity index (χ0v) is 7.89. The normalized spacial score (nSPS) is 23.1. The van der Waals surface area contributed by atoms with E-state index >= 15 is 0 Å². The van der Waals surface area contributed by atoms with E-state index in [4.69, 9.17) is 0 Å². The van der Waals surface area contributed by atoms with Gasteiger partial charge in [-0.2, -0.15) is 0 Å². The number of hydrogen-bond acceptors (Lipinski definition) is 2. The van der Waals surface area contributed by atoms with E-state index in [1.54, 1.807) is 0 Å². The first-order chi connectivity index (χ1) is 5.70. The van der Waals surface area contributed by atoms with Gasteiger partial charge in [-0.1, -0.05) is 13.8 Å². The standard InChI is InChI=1S/C9H18N2O/c1-7(2)5-11-9(12)8-3-4-10-6-8/h7-8,10H,3-6H2,1-2H3,(H,11,12)/t8-/m1/s1. The van der Waals surface area contributed by atoms with Crippen molar-refractivity contribution in [3.8, 4) is 0 Å². The Bertz CT molecular complexity index is 151. The lowest BCUT2D eigenvalue weighted by Crippen LogP contribution is -2.34. The highest BCUT2D eigenvalue weighted by molar-refractivity contribution is 5.79. The van der Waals surface area contributed by atoms with Crippen molar-refractivity contribution in [3.05, 3.63) is 0 Å². The summed E-state index contributed by atoms with van der Waals surface area (Å²) in [6.07, 6.45) is 0.990. The smallest absolute Gasteiger partial charge is 0.224 e. The predicted octanol–water partition coefficient (Wildman–Crippen LogP) is 0.368. The quantitative estimate of drug-likeness (QED) is 0.642. The summed E-state index contributed by atoms with van der Waals surface area (Å²) in [6.45, 7) is 6.85. The molecule has 3 nitrogen and oxygen atoms in total. The summed E-state index contributed by atoms with van der Waals surface area (Å²) in [6, 6.07) is 0. The Morgan fingerprint density at radius 1 is 1.67 bits per heavy atom. The fourth-order valence-corrected chi connectivity index (χ4v) is 1.33. The molecule has 0 saturated carbocycles. The molecule has 0 radical (unpaired) electrons. The maximum Gasteiger partial charge on any atom is 0.224 e. The number of carbonyl (C=O) groups is 1. The van der Waals surface area contributed by atoms with Crippen LogP contribution in [0.25, 0.3) is 0 Å². The summed E-state index contributed by atoms with van der Waals surface area (Å²) < 4.78 is 0. The van der Waals surface area contributed by atoms with Gasteiger partial charge in [0.25, 0.3) is 0 Å². The van der Waals surface area contributed by atoms with Crippen molar-refractivity contribution in [1.82, 2.24) is 10.6 Å². The Labute approximate surface area is 73.9 Å². The molecule has 1 aliphatic heterocycles. The highest BCUT2D eigenvalue weighted by atomic mass is 16.1. The zero-order valence-electron chi connectivity index (χ0n) is 7.89. The van der Waals surface area contributed by atoms with Crippen LogP contribution >= 0.6 is 0 Å². The zero-order chi connectivity index (χ0) is 8.97. The fraction of sp³-hybridized carbons (Fsp3) is 0.889. The van der Waals surface area contributed by atoms with Gasteiger partial charge in [0.1, 0.15) is 0 Å². The molecule has 0 aromatic carbocycles. The van der Waals surface area contributed by atoms with E-state index in [1.165, 1.54) is 0 Å². The molecule has 2 N–H and O–H groups in total. The largest absolute Gasteiger partial charge is 0.356 e. The third-order valence-electron chi connectivity index (χ3n) is 2.12. The Balaban J connectivity index is 2.18. The Morgan fingerprint density at radius 3 is 2.92 bits per heavy atom. The summed E-state index contributed by atoms with van der Waals surface area (Å²) in [5, 5.41) is 6.13. The van der Waals surface area contributed by atoms with Crippen molar-refractivity contribution < 1.29 is 4.79 Å². The number of amides is 1. The highest BCUT2D eigenvalue weighted by Crippen LogP contribution is 2.06. The van der Waals surface area contributed by atoms with Crippen LogP contribution in [-0.2, 0) is 4.79 Å². The lowest BCUT2D eigenvalue weighted by Gasteiger charge is -2.11. The number of carbonyl (C=O) groups excluding carboxylic acids is 1. The van der Waals surface area contributed by atoms with Gasteiger partial charge in [0, 0.05) is 13.1 Å². The minimum absolute atomic E-state index is 0.212. The molecule has 1 saturated heterocycles. The minimum Gasteiger partial charge on any atom is -0.356 e. The van der Waals surface area contributed by atoms with Crippen LogP contribution in [0.15, 0.2) is 0 Å². The first-order valence-corrected chi connectivity index (χ1v) is 4.68. The molecule has 0 unspecified atom stereocenters. The molecule has 1 rings (SSSR count). The van der Waals surface area contributed by atoms with Gasteiger partial charge in [-0.05, 0) is 18.9 Å². The second kappa shape index (κ2) is 4.45. The molecule has 12 heavy (non-hydrogen) atoms. The van der Waals surface area contributed by atoms with Crippen LogP contribution in [0.2, 0.25) is 0 Å². The van der Waals surface area contributed by atoms with Crippen LogP contribution in [0, 0.1) is 11.8 Å². The van der Waals surface area contributed by atoms with Crippen LogP contribution in [0.3, 0.4) is 0 Å². The van der Waals surface area contributed by atoms with Crippen molar-refractivity contribution in [1.29, 1.82) is 0 Å². The molecule has 0 aliphatic carbocycles. The van der Waals surface area contributed by atoms with E-state index < -0.39 is 0 Å². The Morgan fingerprint density at radius 2 is 2.42 bits per heavy atom. The molecule has 3 heteroatoms. The third kappa shape index (κ3) is 2.81. The number of rotatable bonds is 3. The maximum absolute atomic E-state index is 11.4. The average Bonchev–Trinajstić information content (AvgIpc) is 2.51.